The summed E-state index contributed by atoms with van der Waals surface area (Å²) in [7, 11) is 1.63. The molecule has 1 heterocycles. The van der Waals surface area contributed by atoms with E-state index >= 15 is 0 Å². The van der Waals surface area contributed by atoms with Crippen LogP contribution < -0.4 is 10.2 Å². The van der Waals surface area contributed by atoms with E-state index in [0.717, 1.165) is 16.8 Å². The van der Waals surface area contributed by atoms with Crippen LogP contribution in [0.15, 0.2) is 59.5 Å². The van der Waals surface area contributed by atoms with E-state index in [9.17, 15) is 9.59 Å². The highest BCUT2D eigenvalue weighted by molar-refractivity contribution is 5.79. The number of hydrogen-bond acceptors (Lipinski definition) is 4. The average Bonchev–Trinajstić information content (AvgIpc) is 2.72. The van der Waals surface area contributed by atoms with Gasteiger partial charge < -0.3 is 9.64 Å². The molecule has 0 fully saturated rings. The SMILES string of the molecule is CCN(Cc1ccc(OC)cc1)C(=O)CCn1ncc(=O)c2ccccc21. The fourth-order valence-electron chi connectivity index (χ4n) is 3.03. The number of carbonyl (C=O) groups excluding carboxylic acids is 1. The van der Waals surface area contributed by atoms with Crippen molar-refractivity contribution >= 4 is 16.8 Å². The predicted molar refractivity (Wildman–Crippen MR) is 105 cm³/mol. The maximum absolute atomic E-state index is 12.7. The lowest BCUT2D eigenvalue weighted by Crippen LogP contribution is -2.31. The minimum atomic E-state index is -0.108. The summed E-state index contributed by atoms with van der Waals surface area (Å²) in [6.07, 6.45) is 1.63. The van der Waals surface area contributed by atoms with Crippen LogP contribution in [0.1, 0.15) is 18.9 Å². The molecule has 0 aliphatic heterocycles. The number of fused-ring (bicyclic) bond motifs is 1. The molecule has 0 unspecified atom stereocenters. The Bertz CT molecular complexity index is 980. The molecule has 0 radical (unpaired) electrons. The molecule has 0 bridgehead atoms. The fourth-order valence-corrected chi connectivity index (χ4v) is 3.03. The summed E-state index contributed by atoms with van der Waals surface area (Å²) in [6.45, 7) is 3.58. The number of aryl methyl sites for hydroxylation is 1. The highest BCUT2D eigenvalue weighted by atomic mass is 16.5. The highest BCUT2D eigenvalue weighted by Gasteiger charge is 2.13. The first kappa shape index (κ1) is 18.6. The number of methoxy groups -OCH3 is 1. The molecule has 6 heteroatoms. The maximum Gasteiger partial charge on any atom is 0.224 e. The number of rotatable bonds is 7. The number of para-hydroxylation sites is 1. The minimum Gasteiger partial charge on any atom is -0.497 e. The molecule has 0 aliphatic rings. The van der Waals surface area contributed by atoms with Crippen LogP contribution in [0.5, 0.6) is 5.75 Å². The summed E-state index contributed by atoms with van der Waals surface area (Å²) in [5, 5.41) is 4.80. The first-order valence-electron chi connectivity index (χ1n) is 8.98. The number of ether oxygens (including phenoxy) is 1. The molecule has 6 nitrogen and oxygen atoms in total. The van der Waals surface area contributed by atoms with Crippen LogP contribution in [0.2, 0.25) is 0 Å². The second-order valence-corrected chi connectivity index (χ2v) is 6.26. The molecule has 27 heavy (non-hydrogen) atoms. The Morgan fingerprint density at radius 3 is 2.59 bits per heavy atom. The zero-order chi connectivity index (χ0) is 19.2. The third-order valence-corrected chi connectivity index (χ3v) is 4.57. The van der Waals surface area contributed by atoms with E-state index in [4.69, 9.17) is 4.74 Å². The molecule has 0 spiro atoms. The first-order chi connectivity index (χ1) is 13.1. The van der Waals surface area contributed by atoms with Gasteiger partial charge in [0.25, 0.3) is 0 Å². The molecular formula is C21H23N3O3. The van der Waals surface area contributed by atoms with Crippen LogP contribution >= 0.6 is 0 Å². The van der Waals surface area contributed by atoms with Crippen LogP contribution in [0.25, 0.3) is 10.9 Å². The molecular weight excluding hydrogens is 342 g/mol. The third-order valence-electron chi connectivity index (χ3n) is 4.57. The molecule has 2 aromatic carbocycles. The molecule has 1 amide bonds. The number of hydrogen-bond donors (Lipinski definition) is 0. The first-order valence-corrected chi connectivity index (χ1v) is 8.98. The Hall–Kier alpha value is -3.15. The molecule has 0 atom stereocenters. The van der Waals surface area contributed by atoms with E-state index in [-0.39, 0.29) is 11.3 Å². The number of carbonyl (C=O) groups is 1. The number of aromatic nitrogens is 2. The highest BCUT2D eigenvalue weighted by Crippen LogP contribution is 2.14. The second-order valence-electron chi connectivity index (χ2n) is 6.26. The lowest BCUT2D eigenvalue weighted by molar-refractivity contribution is -0.131. The summed E-state index contributed by atoms with van der Waals surface area (Å²) in [4.78, 5) is 26.4. The molecule has 0 saturated heterocycles. The van der Waals surface area contributed by atoms with Crippen LogP contribution in [-0.2, 0) is 17.9 Å². The molecule has 1 aromatic heterocycles. The molecule has 0 saturated carbocycles. The van der Waals surface area contributed by atoms with Gasteiger partial charge in [-0.05, 0) is 36.8 Å². The molecule has 3 aromatic rings. The molecule has 0 aliphatic carbocycles. The van der Waals surface area contributed by atoms with Crippen molar-refractivity contribution in [2.75, 3.05) is 13.7 Å². The Balaban J connectivity index is 1.68. The van der Waals surface area contributed by atoms with Crippen LogP contribution in [0.3, 0.4) is 0 Å². The lowest BCUT2D eigenvalue weighted by atomic mass is 10.2. The van der Waals surface area contributed by atoms with Crippen molar-refractivity contribution in [3.05, 3.63) is 70.5 Å². The Morgan fingerprint density at radius 1 is 1.15 bits per heavy atom. The van der Waals surface area contributed by atoms with E-state index in [1.165, 1.54) is 6.20 Å². The average molecular weight is 365 g/mol. The van der Waals surface area contributed by atoms with Gasteiger partial charge in [0.2, 0.25) is 11.3 Å². The largest absolute Gasteiger partial charge is 0.497 e. The monoisotopic (exact) mass is 365 g/mol. The smallest absolute Gasteiger partial charge is 0.224 e. The summed E-state index contributed by atoms with van der Waals surface area (Å²) in [5.74, 6) is 0.849. The van der Waals surface area contributed by atoms with Crippen molar-refractivity contribution in [3.63, 3.8) is 0 Å². The Kier molecular flexibility index (Phi) is 5.86. The Labute approximate surface area is 158 Å². The van der Waals surface area contributed by atoms with Crippen molar-refractivity contribution in [3.8, 4) is 5.75 Å². The summed E-state index contributed by atoms with van der Waals surface area (Å²) < 4.78 is 6.88. The van der Waals surface area contributed by atoms with Gasteiger partial charge >= 0.3 is 0 Å². The lowest BCUT2D eigenvalue weighted by Gasteiger charge is -2.21. The number of amides is 1. The van der Waals surface area contributed by atoms with Gasteiger partial charge in [0.1, 0.15) is 5.75 Å². The van der Waals surface area contributed by atoms with Crippen molar-refractivity contribution in [1.29, 1.82) is 0 Å². The number of nitrogens with zero attached hydrogens (tertiary/aromatic N) is 3. The maximum atomic E-state index is 12.7. The standard InChI is InChI=1S/C21H23N3O3/c1-3-23(15-16-8-10-17(27-2)11-9-16)21(26)12-13-24-19-7-5-4-6-18(19)20(25)14-22-24/h4-11,14H,3,12-13,15H2,1-2H3. The van der Waals surface area contributed by atoms with Gasteiger partial charge in [-0.15, -0.1) is 0 Å². The van der Waals surface area contributed by atoms with Gasteiger partial charge in [0.05, 0.1) is 25.4 Å². The Morgan fingerprint density at radius 2 is 1.89 bits per heavy atom. The van der Waals surface area contributed by atoms with Gasteiger partial charge in [-0.25, -0.2) is 0 Å². The van der Waals surface area contributed by atoms with Crippen LogP contribution in [-0.4, -0.2) is 34.2 Å². The third kappa shape index (κ3) is 4.34. The van der Waals surface area contributed by atoms with Gasteiger partial charge in [0, 0.05) is 24.9 Å². The van der Waals surface area contributed by atoms with Crippen molar-refractivity contribution in [2.24, 2.45) is 0 Å². The predicted octanol–water partition coefficient (Wildman–Crippen LogP) is 2.84. The van der Waals surface area contributed by atoms with Crippen LogP contribution in [0.4, 0.5) is 0 Å². The van der Waals surface area contributed by atoms with Crippen molar-refractivity contribution < 1.29 is 9.53 Å². The van der Waals surface area contributed by atoms with Gasteiger partial charge in [-0.1, -0.05) is 24.3 Å². The zero-order valence-corrected chi connectivity index (χ0v) is 15.6. The van der Waals surface area contributed by atoms with Gasteiger partial charge in [0.15, 0.2) is 0 Å². The summed E-state index contributed by atoms with van der Waals surface area (Å²) in [5.41, 5.74) is 1.69. The van der Waals surface area contributed by atoms with Crippen LogP contribution in [0, 0.1) is 0 Å². The van der Waals surface area contributed by atoms with E-state index in [0.29, 0.717) is 31.4 Å². The van der Waals surface area contributed by atoms with Crippen molar-refractivity contribution in [2.45, 2.75) is 26.4 Å². The normalized spacial score (nSPS) is 10.7. The quantitative estimate of drug-likeness (QED) is 0.646. The zero-order valence-electron chi connectivity index (χ0n) is 15.6. The van der Waals surface area contributed by atoms with E-state index in [1.54, 1.807) is 17.9 Å². The topological polar surface area (TPSA) is 64.4 Å². The van der Waals surface area contributed by atoms with E-state index in [1.807, 2.05) is 54.3 Å². The number of benzene rings is 2. The van der Waals surface area contributed by atoms with Gasteiger partial charge in [-0.3, -0.25) is 14.3 Å². The van der Waals surface area contributed by atoms with Gasteiger partial charge in [-0.2, -0.15) is 5.10 Å². The second kappa shape index (κ2) is 8.49. The molecule has 0 N–H and O–H groups in total. The van der Waals surface area contributed by atoms with E-state index in [2.05, 4.69) is 5.10 Å². The minimum absolute atomic E-state index is 0.0536. The van der Waals surface area contributed by atoms with Crippen molar-refractivity contribution in [1.82, 2.24) is 14.7 Å². The van der Waals surface area contributed by atoms with E-state index < -0.39 is 0 Å². The summed E-state index contributed by atoms with van der Waals surface area (Å²) >= 11 is 0. The summed E-state index contributed by atoms with van der Waals surface area (Å²) in [6, 6.07) is 15.0. The molecule has 140 valence electrons. The molecule has 3 rings (SSSR count). The fraction of sp³-hybridized carbons (Fsp3) is 0.286.